The van der Waals surface area contributed by atoms with Crippen LogP contribution in [-0.4, -0.2) is 0 Å². The Morgan fingerprint density at radius 3 is 2.38 bits per heavy atom. The number of hydrogen-bond acceptors (Lipinski definition) is 2. The van der Waals surface area contributed by atoms with Crippen LogP contribution in [0.2, 0.25) is 0 Å². The number of hydrazine groups is 1. The van der Waals surface area contributed by atoms with Crippen molar-refractivity contribution in [3.63, 3.8) is 0 Å². The number of hydrogen-bond donors (Lipinski definition) is 2. The average Bonchev–Trinajstić information content (AvgIpc) is 1.83. The van der Waals surface area contributed by atoms with Gasteiger partial charge in [0.1, 0.15) is 0 Å². The van der Waals surface area contributed by atoms with Crippen LogP contribution < -0.4 is 11.3 Å². The third-order valence-corrected chi connectivity index (χ3v) is 1.02. The van der Waals surface area contributed by atoms with Gasteiger partial charge in [-0.2, -0.15) is 0 Å². The minimum Gasteiger partial charge on any atom is -0.329 e. The summed E-state index contributed by atoms with van der Waals surface area (Å²) < 4.78 is 0. The van der Waals surface area contributed by atoms with Crippen LogP contribution in [0, 0.1) is 0 Å². The molecule has 2 heteroatoms. The molecule has 0 bridgehead atoms. The minimum absolute atomic E-state index is 0.990. The van der Waals surface area contributed by atoms with Gasteiger partial charge in [-0.05, 0) is 12.8 Å². The number of allylic oxidation sites excluding steroid dienone is 2. The monoisotopic (exact) mass is 114 g/mol. The topological polar surface area (TPSA) is 38.0 Å². The van der Waals surface area contributed by atoms with Gasteiger partial charge in [0.2, 0.25) is 0 Å². The summed E-state index contributed by atoms with van der Waals surface area (Å²) in [6.07, 6.45) is 4.12. The molecule has 0 aromatic rings. The molecule has 0 aromatic heterocycles. The van der Waals surface area contributed by atoms with Crippen molar-refractivity contribution in [2.75, 3.05) is 0 Å². The lowest BCUT2D eigenvalue weighted by Gasteiger charge is -1.99. The third-order valence-electron chi connectivity index (χ3n) is 1.02. The minimum atomic E-state index is 0.990. The highest BCUT2D eigenvalue weighted by Crippen LogP contribution is 1.93. The molecule has 0 saturated carbocycles. The summed E-state index contributed by atoms with van der Waals surface area (Å²) in [4.78, 5) is 0. The highest BCUT2D eigenvalue weighted by molar-refractivity contribution is 4.95. The van der Waals surface area contributed by atoms with Gasteiger partial charge >= 0.3 is 0 Å². The molecule has 0 saturated heterocycles. The Hall–Kier alpha value is -0.500. The Balaban J connectivity index is 3.49. The van der Waals surface area contributed by atoms with Gasteiger partial charge in [0.05, 0.1) is 0 Å². The van der Waals surface area contributed by atoms with Crippen molar-refractivity contribution in [2.45, 2.75) is 26.7 Å². The summed E-state index contributed by atoms with van der Waals surface area (Å²) in [6, 6.07) is 0. The van der Waals surface area contributed by atoms with E-state index in [9.17, 15) is 0 Å². The fraction of sp³-hybridized carbons (Fsp3) is 0.667. The van der Waals surface area contributed by atoms with Crippen LogP contribution in [0.25, 0.3) is 0 Å². The molecule has 0 heterocycles. The second-order valence-electron chi connectivity index (χ2n) is 1.64. The molecule has 0 spiro atoms. The molecule has 0 radical (unpaired) electrons. The SMILES string of the molecule is CCC=C(CC)NN. The third kappa shape index (κ3) is 2.64. The quantitative estimate of drug-likeness (QED) is 0.426. The van der Waals surface area contributed by atoms with Gasteiger partial charge in [-0.1, -0.05) is 19.9 Å². The fourth-order valence-corrected chi connectivity index (χ4v) is 0.552. The summed E-state index contributed by atoms with van der Waals surface area (Å²) >= 11 is 0. The fourth-order valence-electron chi connectivity index (χ4n) is 0.552. The first kappa shape index (κ1) is 7.50. The predicted molar refractivity (Wildman–Crippen MR) is 36.0 cm³/mol. The van der Waals surface area contributed by atoms with E-state index in [0.29, 0.717) is 0 Å². The van der Waals surface area contributed by atoms with E-state index in [1.54, 1.807) is 0 Å². The first-order valence-electron chi connectivity index (χ1n) is 3.00. The van der Waals surface area contributed by atoms with Crippen molar-refractivity contribution in [1.82, 2.24) is 5.43 Å². The smallest absolute Gasteiger partial charge is 0.0216 e. The number of rotatable bonds is 3. The van der Waals surface area contributed by atoms with E-state index in [1.807, 2.05) is 0 Å². The van der Waals surface area contributed by atoms with Crippen LogP contribution in [-0.2, 0) is 0 Å². The van der Waals surface area contributed by atoms with Gasteiger partial charge in [0.15, 0.2) is 0 Å². The van der Waals surface area contributed by atoms with Crippen molar-refractivity contribution in [2.24, 2.45) is 5.84 Å². The second kappa shape index (κ2) is 4.65. The maximum atomic E-state index is 5.15. The van der Waals surface area contributed by atoms with Crippen LogP contribution in [0.4, 0.5) is 0 Å². The Morgan fingerprint density at radius 2 is 2.25 bits per heavy atom. The zero-order valence-corrected chi connectivity index (χ0v) is 5.57. The first-order valence-corrected chi connectivity index (χ1v) is 3.00. The van der Waals surface area contributed by atoms with Crippen molar-refractivity contribution in [3.05, 3.63) is 11.8 Å². The summed E-state index contributed by atoms with van der Waals surface area (Å²) in [5, 5.41) is 0. The van der Waals surface area contributed by atoms with Crippen LogP contribution in [0.15, 0.2) is 11.8 Å². The molecule has 8 heavy (non-hydrogen) atoms. The number of nitrogens with one attached hydrogen (secondary N) is 1. The number of nitrogens with two attached hydrogens (primary N) is 1. The molecular weight excluding hydrogens is 100 g/mol. The summed E-state index contributed by atoms with van der Waals surface area (Å²) in [5.41, 5.74) is 3.73. The van der Waals surface area contributed by atoms with E-state index >= 15 is 0 Å². The van der Waals surface area contributed by atoms with Crippen LogP contribution in [0.5, 0.6) is 0 Å². The van der Waals surface area contributed by atoms with Gasteiger partial charge in [-0.25, -0.2) is 0 Å². The van der Waals surface area contributed by atoms with E-state index in [2.05, 4.69) is 25.3 Å². The zero-order valence-electron chi connectivity index (χ0n) is 5.57. The lowest BCUT2D eigenvalue weighted by Crippen LogP contribution is -2.20. The molecule has 0 aliphatic rings. The Morgan fingerprint density at radius 1 is 1.62 bits per heavy atom. The maximum absolute atomic E-state index is 5.15. The second-order valence-corrected chi connectivity index (χ2v) is 1.64. The van der Waals surface area contributed by atoms with Gasteiger partial charge in [0, 0.05) is 5.70 Å². The summed E-state index contributed by atoms with van der Waals surface area (Å²) in [5.74, 6) is 5.15. The molecule has 0 unspecified atom stereocenters. The zero-order chi connectivity index (χ0) is 6.41. The van der Waals surface area contributed by atoms with Gasteiger partial charge in [0.25, 0.3) is 0 Å². The molecule has 0 aliphatic heterocycles. The van der Waals surface area contributed by atoms with Crippen molar-refractivity contribution in [3.8, 4) is 0 Å². The molecule has 0 fully saturated rings. The largest absolute Gasteiger partial charge is 0.329 e. The standard InChI is InChI=1S/C6H14N2/c1-3-5-6(4-2)8-7/h5,8H,3-4,7H2,1-2H3. The lowest BCUT2D eigenvalue weighted by atomic mass is 10.3. The molecular formula is C6H14N2. The molecule has 3 N–H and O–H groups in total. The van der Waals surface area contributed by atoms with E-state index in [4.69, 9.17) is 5.84 Å². The molecule has 0 rings (SSSR count). The normalized spacial score (nSPS) is 11.6. The Labute approximate surface area is 50.7 Å². The van der Waals surface area contributed by atoms with Crippen molar-refractivity contribution < 1.29 is 0 Å². The van der Waals surface area contributed by atoms with E-state index < -0.39 is 0 Å². The van der Waals surface area contributed by atoms with Crippen LogP contribution in [0.3, 0.4) is 0 Å². The molecule has 2 nitrogen and oxygen atoms in total. The Bertz CT molecular complexity index is 70.6. The summed E-state index contributed by atoms with van der Waals surface area (Å²) in [7, 11) is 0. The van der Waals surface area contributed by atoms with Crippen molar-refractivity contribution >= 4 is 0 Å². The summed E-state index contributed by atoms with van der Waals surface area (Å²) in [6.45, 7) is 4.16. The molecule has 48 valence electrons. The highest BCUT2D eigenvalue weighted by atomic mass is 15.2. The highest BCUT2D eigenvalue weighted by Gasteiger charge is 1.83. The average molecular weight is 114 g/mol. The molecule has 0 aliphatic carbocycles. The van der Waals surface area contributed by atoms with Crippen LogP contribution in [0.1, 0.15) is 26.7 Å². The molecule has 0 amide bonds. The first-order chi connectivity index (χ1) is 3.85. The van der Waals surface area contributed by atoms with E-state index in [-0.39, 0.29) is 0 Å². The van der Waals surface area contributed by atoms with Gasteiger partial charge < -0.3 is 5.43 Å². The van der Waals surface area contributed by atoms with E-state index in [1.165, 1.54) is 0 Å². The lowest BCUT2D eigenvalue weighted by molar-refractivity contribution is 0.817. The Kier molecular flexibility index (Phi) is 4.36. The van der Waals surface area contributed by atoms with E-state index in [0.717, 1.165) is 18.5 Å². The van der Waals surface area contributed by atoms with Crippen molar-refractivity contribution in [1.29, 1.82) is 0 Å². The van der Waals surface area contributed by atoms with Gasteiger partial charge in [-0.15, -0.1) is 0 Å². The van der Waals surface area contributed by atoms with Gasteiger partial charge in [-0.3, -0.25) is 5.84 Å². The molecule has 0 aromatic carbocycles. The predicted octanol–water partition coefficient (Wildman–Crippen LogP) is 1.15. The maximum Gasteiger partial charge on any atom is 0.0216 e. The van der Waals surface area contributed by atoms with Crippen LogP contribution >= 0.6 is 0 Å². The molecule has 0 atom stereocenters.